The molecule has 2 heterocycles. The molecule has 3 aromatic rings. The predicted octanol–water partition coefficient (Wildman–Crippen LogP) is 4.31. The second kappa shape index (κ2) is 5.86. The summed E-state index contributed by atoms with van der Waals surface area (Å²) in [6.07, 6.45) is 4.22. The minimum atomic E-state index is -0.976. The van der Waals surface area contributed by atoms with Crippen molar-refractivity contribution < 1.29 is 9.90 Å². The van der Waals surface area contributed by atoms with Crippen molar-refractivity contribution in [3.05, 3.63) is 41.0 Å². The van der Waals surface area contributed by atoms with Crippen molar-refractivity contribution in [1.82, 2.24) is 9.55 Å². The maximum atomic E-state index is 11.0. The second-order valence-electron chi connectivity index (χ2n) is 5.39. The maximum absolute atomic E-state index is 11.0. The molecular formula is C17H15N3O2S. The summed E-state index contributed by atoms with van der Waals surface area (Å²) in [5, 5.41) is 19.9. The van der Waals surface area contributed by atoms with Crippen molar-refractivity contribution >= 4 is 28.2 Å². The van der Waals surface area contributed by atoms with Crippen LogP contribution in [-0.4, -0.2) is 20.6 Å². The fraction of sp³-hybridized carbons (Fsp3) is 0.235. The number of rotatable bonds is 4. The molecule has 0 bridgehead atoms. The monoisotopic (exact) mass is 325 g/mol. The third-order valence-corrected chi connectivity index (χ3v) is 5.02. The first-order valence-corrected chi connectivity index (χ1v) is 8.11. The fourth-order valence-electron chi connectivity index (χ4n) is 2.55. The van der Waals surface area contributed by atoms with Crippen molar-refractivity contribution in [3.63, 3.8) is 0 Å². The fourth-order valence-corrected chi connectivity index (χ4v) is 3.30. The summed E-state index contributed by atoms with van der Waals surface area (Å²) in [6, 6.07) is 8.36. The SMILES string of the molecule is CCC(C)n1cc(C#N)c2cc(-c3ncc(C(=O)O)s3)ccc21. The Morgan fingerprint density at radius 1 is 1.52 bits per heavy atom. The molecule has 0 aliphatic heterocycles. The normalized spacial score (nSPS) is 12.2. The van der Waals surface area contributed by atoms with Gasteiger partial charge in [-0.2, -0.15) is 5.26 Å². The van der Waals surface area contributed by atoms with E-state index < -0.39 is 5.97 Å². The van der Waals surface area contributed by atoms with E-state index in [1.165, 1.54) is 6.20 Å². The molecule has 3 rings (SSSR count). The molecule has 0 radical (unpaired) electrons. The Hall–Kier alpha value is -2.65. The van der Waals surface area contributed by atoms with Crippen molar-refractivity contribution in [3.8, 4) is 16.6 Å². The molecule has 5 nitrogen and oxygen atoms in total. The number of hydrogen-bond donors (Lipinski definition) is 1. The van der Waals surface area contributed by atoms with Crippen LogP contribution in [0, 0.1) is 11.3 Å². The Labute approximate surface area is 137 Å². The number of hydrogen-bond acceptors (Lipinski definition) is 4. The number of thiazole rings is 1. The summed E-state index contributed by atoms with van der Waals surface area (Å²) in [6.45, 7) is 4.23. The molecule has 0 aliphatic carbocycles. The van der Waals surface area contributed by atoms with Gasteiger partial charge in [-0.05, 0) is 31.5 Å². The number of aromatic nitrogens is 2. The van der Waals surface area contributed by atoms with Crippen LogP contribution in [0.15, 0.2) is 30.6 Å². The average Bonchev–Trinajstić information content (AvgIpc) is 3.18. The topological polar surface area (TPSA) is 78.9 Å². The molecule has 0 amide bonds. The number of aromatic carboxylic acids is 1. The lowest BCUT2D eigenvalue weighted by Crippen LogP contribution is -2.01. The molecule has 0 saturated carbocycles. The molecule has 1 aromatic carbocycles. The van der Waals surface area contributed by atoms with E-state index >= 15 is 0 Å². The molecule has 116 valence electrons. The van der Waals surface area contributed by atoms with Gasteiger partial charge in [0, 0.05) is 28.7 Å². The van der Waals surface area contributed by atoms with Crippen LogP contribution in [0.2, 0.25) is 0 Å². The highest BCUT2D eigenvalue weighted by molar-refractivity contribution is 7.16. The lowest BCUT2D eigenvalue weighted by atomic mass is 10.1. The number of carboxylic acids is 1. The summed E-state index contributed by atoms with van der Waals surface area (Å²) in [4.78, 5) is 15.4. The van der Waals surface area contributed by atoms with Crippen molar-refractivity contribution in [2.45, 2.75) is 26.3 Å². The van der Waals surface area contributed by atoms with E-state index in [9.17, 15) is 10.1 Å². The van der Waals surface area contributed by atoms with Gasteiger partial charge in [0.1, 0.15) is 16.0 Å². The largest absolute Gasteiger partial charge is 0.477 e. The first-order chi connectivity index (χ1) is 11.0. The smallest absolute Gasteiger partial charge is 0.347 e. The summed E-state index contributed by atoms with van der Waals surface area (Å²) in [5.74, 6) is -0.976. The molecule has 23 heavy (non-hydrogen) atoms. The van der Waals surface area contributed by atoms with E-state index in [1.807, 2.05) is 24.4 Å². The molecule has 1 unspecified atom stereocenters. The minimum Gasteiger partial charge on any atom is -0.477 e. The van der Waals surface area contributed by atoms with Crippen LogP contribution in [0.5, 0.6) is 0 Å². The zero-order valence-electron chi connectivity index (χ0n) is 12.8. The van der Waals surface area contributed by atoms with Crippen LogP contribution in [-0.2, 0) is 0 Å². The lowest BCUT2D eigenvalue weighted by Gasteiger charge is -2.12. The molecule has 0 spiro atoms. The van der Waals surface area contributed by atoms with Gasteiger partial charge in [0.15, 0.2) is 0 Å². The quantitative estimate of drug-likeness (QED) is 0.775. The number of benzene rings is 1. The molecule has 0 saturated heterocycles. The molecule has 1 N–H and O–H groups in total. The van der Waals surface area contributed by atoms with Gasteiger partial charge in [0.25, 0.3) is 0 Å². The van der Waals surface area contributed by atoms with E-state index in [-0.39, 0.29) is 4.88 Å². The van der Waals surface area contributed by atoms with Gasteiger partial charge in [0.05, 0.1) is 11.8 Å². The highest BCUT2D eigenvalue weighted by Gasteiger charge is 2.15. The van der Waals surface area contributed by atoms with Gasteiger partial charge in [0.2, 0.25) is 0 Å². The van der Waals surface area contributed by atoms with Crippen LogP contribution in [0.25, 0.3) is 21.5 Å². The van der Waals surface area contributed by atoms with Crippen LogP contribution >= 0.6 is 11.3 Å². The first-order valence-electron chi connectivity index (χ1n) is 7.29. The number of nitriles is 1. The standard InChI is InChI=1S/C17H15N3O2S/c1-3-10(2)20-9-12(7-18)13-6-11(4-5-14(13)20)16-19-8-15(23-16)17(21)22/h4-6,8-10H,3H2,1-2H3,(H,21,22). The van der Waals surface area contributed by atoms with E-state index in [1.54, 1.807) is 0 Å². The van der Waals surface area contributed by atoms with Crippen molar-refractivity contribution in [1.29, 1.82) is 5.26 Å². The maximum Gasteiger partial charge on any atom is 0.347 e. The molecule has 2 aromatic heterocycles. The van der Waals surface area contributed by atoms with E-state index in [2.05, 4.69) is 29.5 Å². The van der Waals surface area contributed by atoms with Crippen LogP contribution in [0.1, 0.15) is 41.5 Å². The molecule has 6 heteroatoms. The van der Waals surface area contributed by atoms with Gasteiger partial charge in [-0.15, -0.1) is 11.3 Å². The average molecular weight is 325 g/mol. The van der Waals surface area contributed by atoms with Gasteiger partial charge in [-0.1, -0.05) is 6.92 Å². The van der Waals surface area contributed by atoms with Crippen LogP contribution < -0.4 is 0 Å². The highest BCUT2D eigenvalue weighted by atomic mass is 32.1. The Morgan fingerprint density at radius 3 is 2.91 bits per heavy atom. The summed E-state index contributed by atoms with van der Waals surface area (Å²) < 4.78 is 2.11. The summed E-state index contributed by atoms with van der Waals surface area (Å²) in [5.41, 5.74) is 2.46. The van der Waals surface area contributed by atoms with Crippen LogP contribution in [0.4, 0.5) is 0 Å². The van der Waals surface area contributed by atoms with Crippen molar-refractivity contribution in [2.24, 2.45) is 0 Å². The Morgan fingerprint density at radius 2 is 2.30 bits per heavy atom. The van der Waals surface area contributed by atoms with Crippen molar-refractivity contribution in [2.75, 3.05) is 0 Å². The third kappa shape index (κ3) is 2.60. The summed E-state index contributed by atoms with van der Waals surface area (Å²) >= 11 is 1.13. The Kier molecular flexibility index (Phi) is 3.89. The lowest BCUT2D eigenvalue weighted by molar-refractivity contribution is 0.0702. The van der Waals surface area contributed by atoms with E-state index in [0.717, 1.165) is 34.2 Å². The third-order valence-electron chi connectivity index (χ3n) is 3.98. The van der Waals surface area contributed by atoms with Crippen LogP contribution in [0.3, 0.4) is 0 Å². The van der Waals surface area contributed by atoms with Gasteiger partial charge in [-0.25, -0.2) is 9.78 Å². The zero-order valence-corrected chi connectivity index (χ0v) is 13.6. The van der Waals surface area contributed by atoms with E-state index in [4.69, 9.17) is 5.11 Å². The second-order valence-corrected chi connectivity index (χ2v) is 6.42. The number of nitrogens with zero attached hydrogens (tertiary/aromatic N) is 3. The molecular weight excluding hydrogens is 310 g/mol. The Bertz CT molecular complexity index is 933. The molecule has 0 aliphatic rings. The number of carboxylic acid groups (broad SMARTS) is 1. The van der Waals surface area contributed by atoms with Gasteiger partial charge < -0.3 is 9.67 Å². The summed E-state index contributed by atoms with van der Waals surface area (Å²) in [7, 11) is 0. The highest BCUT2D eigenvalue weighted by Crippen LogP contribution is 2.32. The first kappa shape index (κ1) is 15.3. The van der Waals surface area contributed by atoms with Gasteiger partial charge >= 0.3 is 5.97 Å². The number of fused-ring (bicyclic) bond motifs is 1. The van der Waals surface area contributed by atoms with E-state index in [0.29, 0.717) is 16.6 Å². The zero-order chi connectivity index (χ0) is 16.6. The molecule has 0 fully saturated rings. The number of carbonyl (C=O) groups is 1. The molecule has 1 atom stereocenters. The Balaban J connectivity index is 2.14. The predicted molar refractivity (Wildman–Crippen MR) is 89.7 cm³/mol. The minimum absolute atomic E-state index is 0.206. The van der Waals surface area contributed by atoms with Gasteiger partial charge in [-0.3, -0.25) is 0 Å².